The van der Waals surface area contributed by atoms with E-state index < -0.39 is 128 Å². The van der Waals surface area contributed by atoms with Gasteiger partial charge in [0, 0.05) is 0 Å². The number of hydrogen-bond donors (Lipinski definition) is 10. The predicted octanol–water partition coefficient (Wildman–Crippen LogP) is 1.48. The van der Waals surface area contributed by atoms with E-state index in [4.69, 9.17) is 37.9 Å². The number of carboxylic acid groups (broad SMARTS) is 1. The van der Waals surface area contributed by atoms with E-state index >= 15 is 0 Å². The summed E-state index contributed by atoms with van der Waals surface area (Å²) >= 11 is 0. The first-order valence-electron chi connectivity index (χ1n) is 25.9. The maximum Gasteiger partial charge on any atom is 0.310 e. The highest BCUT2D eigenvalue weighted by Gasteiger charge is 2.70. The van der Waals surface area contributed by atoms with Crippen molar-refractivity contribution in [3.63, 3.8) is 0 Å². The summed E-state index contributed by atoms with van der Waals surface area (Å²) in [6.07, 6.45) is -14.8. The Bertz CT molecular complexity index is 1930. The molecule has 19 nitrogen and oxygen atoms in total. The van der Waals surface area contributed by atoms with Crippen molar-refractivity contribution in [2.45, 2.75) is 230 Å². The Morgan fingerprint density at radius 1 is 0.600 bits per heavy atom. The molecule has 4 heterocycles. The fourth-order valence-corrected chi connectivity index (χ4v) is 15.7. The van der Waals surface area contributed by atoms with Gasteiger partial charge in [-0.25, -0.2) is 0 Å². The third-order valence-electron chi connectivity index (χ3n) is 20.3. The van der Waals surface area contributed by atoms with Crippen LogP contribution in [0.3, 0.4) is 0 Å². The fourth-order valence-electron chi connectivity index (χ4n) is 15.7. The molecule has 400 valence electrons. The Balaban J connectivity index is 0.879. The van der Waals surface area contributed by atoms with Gasteiger partial charge in [-0.05, 0) is 116 Å². The fraction of sp³-hybridized carbons (Fsp3) is 0.941. The van der Waals surface area contributed by atoms with Crippen LogP contribution < -0.4 is 0 Å². The number of carbonyl (C=O) groups is 1. The van der Waals surface area contributed by atoms with E-state index in [9.17, 15) is 55.9 Å². The minimum atomic E-state index is -1.81. The lowest BCUT2D eigenvalue weighted by molar-refractivity contribution is -0.381. The summed E-state index contributed by atoms with van der Waals surface area (Å²) in [5.74, 6) is -0.0220. The minimum absolute atomic E-state index is 0.0272. The zero-order valence-electron chi connectivity index (χ0n) is 42.0. The van der Waals surface area contributed by atoms with Gasteiger partial charge in [-0.3, -0.25) is 4.79 Å². The molecule has 19 heteroatoms. The highest BCUT2D eigenvalue weighted by molar-refractivity contribution is 5.76. The summed E-state index contributed by atoms with van der Waals surface area (Å²) in [5, 5.41) is 108. The molecule has 0 bridgehead atoms. The maximum absolute atomic E-state index is 13.2. The summed E-state index contributed by atoms with van der Waals surface area (Å²) in [5.41, 5.74) is 0.124. The van der Waals surface area contributed by atoms with Gasteiger partial charge in [0.05, 0.1) is 37.4 Å². The molecule has 4 saturated heterocycles. The molecule has 4 saturated carbocycles. The molecule has 0 radical (unpaired) electrons. The van der Waals surface area contributed by atoms with E-state index in [1.807, 2.05) is 0 Å². The van der Waals surface area contributed by atoms with Crippen molar-refractivity contribution in [2.24, 2.45) is 50.2 Å². The second kappa shape index (κ2) is 19.0. The Kier molecular flexibility index (Phi) is 14.5. The highest BCUT2D eigenvalue weighted by atomic mass is 16.8. The first-order chi connectivity index (χ1) is 32.7. The van der Waals surface area contributed by atoms with Crippen molar-refractivity contribution in [1.29, 1.82) is 0 Å². The SMILES string of the molecule is C[C@@H]1O[C@@H](O[C@H]2[C@H](O[C@H]3CC[C@]4(C)[C@H]5CC=C6[C@@H]7CC(C)(C)CC[C@]7(C(=O)O)CC[C@@]6(C)[C@]5(C)CC[C@H]4C3(C)C)OC[C@H](O)[C@@H]2O)[C@H](O)[C@H](O[C@@H]2OC[C@H](O[C@@H]3OC[C@H](O)[C@H](O)[C@H]3O)[C@H](O)[C@H]2O)[C@H]1O. The number of hydrogen-bond acceptors (Lipinski definition) is 18. The van der Waals surface area contributed by atoms with Crippen molar-refractivity contribution in [2.75, 3.05) is 19.8 Å². The molecule has 9 aliphatic rings. The van der Waals surface area contributed by atoms with Crippen molar-refractivity contribution in [3.05, 3.63) is 11.6 Å². The predicted molar refractivity (Wildman–Crippen MR) is 244 cm³/mol. The van der Waals surface area contributed by atoms with Crippen LogP contribution in [0.4, 0.5) is 0 Å². The highest BCUT2D eigenvalue weighted by Crippen LogP contribution is 2.76. The number of fused-ring (bicyclic) bond motifs is 7. The summed E-state index contributed by atoms with van der Waals surface area (Å²) in [6.45, 7) is 16.9. The van der Waals surface area contributed by atoms with E-state index in [2.05, 4.69) is 54.5 Å². The molecule has 0 aromatic rings. The first kappa shape index (κ1) is 53.4. The lowest BCUT2D eigenvalue weighted by Gasteiger charge is -2.71. The molecule has 25 atom stereocenters. The Morgan fingerprint density at radius 2 is 1.21 bits per heavy atom. The van der Waals surface area contributed by atoms with Crippen LogP contribution in [0.25, 0.3) is 0 Å². The Labute approximate surface area is 410 Å². The molecule has 0 aromatic carbocycles. The van der Waals surface area contributed by atoms with Crippen LogP contribution in [-0.2, 0) is 42.7 Å². The van der Waals surface area contributed by atoms with Gasteiger partial charge in [0.2, 0.25) is 0 Å². The van der Waals surface area contributed by atoms with Crippen LogP contribution in [-0.4, -0.2) is 187 Å². The number of aliphatic hydroxyl groups is 9. The molecule has 10 N–H and O–H groups in total. The van der Waals surface area contributed by atoms with E-state index in [1.54, 1.807) is 0 Å². The van der Waals surface area contributed by atoms with E-state index in [0.717, 1.165) is 51.4 Å². The second-order valence-electron chi connectivity index (χ2n) is 24.9. The second-order valence-corrected chi connectivity index (χ2v) is 24.9. The Hall–Kier alpha value is -1.47. The number of carboxylic acids is 1. The number of rotatable bonds is 9. The standard InChI is InChI=1S/C51H82O19/c1-23-32(54)39(69-42-37(59)35(57)28(22-65-42)67-41-36(58)33(55)26(52)20-63-41)38(60)43(66-23)70-40-34(56)27(53)21-64-44(40)68-31-12-13-48(6)29(47(31,4)5)11-14-50(8)30(48)10-9-24-25-19-46(2,3)15-17-51(25,45(61)62)18-16-49(24,50)7/h9,23,25-44,52-60H,10-22H2,1-8H3,(H,61,62)/t23-,25-,26-,27-,28-,29-,30+,31-,32-,33-,34-,35-,36+,37+,38+,39+,40+,41-,42-,43-,44-,48-,49+,50+,51-/m0/s1. The van der Waals surface area contributed by atoms with Crippen LogP contribution in [0.15, 0.2) is 11.6 Å². The van der Waals surface area contributed by atoms with Crippen LogP contribution in [0.1, 0.15) is 120 Å². The lowest BCUT2D eigenvalue weighted by Crippen LogP contribution is -2.66. The molecule has 0 aromatic heterocycles. The first-order valence-corrected chi connectivity index (χ1v) is 25.9. The van der Waals surface area contributed by atoms with Crippen molar-refractivity contribution >= 4 is 5.97 Å². The minimum Gasteiger partial charge on any atom is -0.481 e. The monoisotopic (exact) mass is 999 g/mol. The van der Waals surface area contributed by atoms with Crippen molar-refractivity contribution in [1.82, 2.24) is 0 Å². The average molecular weight is 999 g/mol. The number of aliphatic carboxylic acids is 1. The molecule has 0 unspecified atom stereocenters. The van der Waals surface area contributed by atoms with Crippen molar-refractivity contribution < 1.29 is 93.8 Å². The van der Waals surface area contributed by atoms with Gasteiger partial charge in [0.25, 0.3) is 0 Å². The Morgan fingerprint density at radius 3 is 1.91 bits per heavy atom. The molecule has 0 spiro atoms. The summed E-state index contributed by atoms with van der Waals surface area (Å²) in [6, 6.07) is 0. The van der Waals surface area contributed by atoms with E-state index in [1.165, 1.54) is 12.5 Å². The lowest BCUT2D eigenvalue weighted by atomic mass is 9.33. The molecule has 0 amide bonds. The smallest absolute Gasteiger partial charge is 0.310 e. The summed E-state index contributed by atoms with van der Waals surface area (Å²) < 4.78 is 47.7. The maximum atomic E-state index is 13.2. The van der Waals surface area contributed by atoms with E-state index in [-0.39, 0.29) is 52.8 Å². The van der Waals surface area contributed by atoms with Crippen molar-refractivity contribution in [3.8, 4) is 0 Å². The van der Waals surface area contributed by atoms with Crippen LogP contribution in [0, 0.1) is 50.2 Å². The quantitative estimate of drug-likeness (QED) is 0.116. The molecule has 5 aliphatic carbocycles. The summed E-state index contributed by atoms with van der Waals surface area (Å²) in [4.78, 5) is 13.2. The third-order valence-corrected chi connectivity index (χ3v) is 20.3. The molecule has 8 fully saturated rings. The summed E-state index contributed by atoms with van der Waals surface area (Å²) in [7, 11) is 0. The average Bonchev–Trinajstić information content (AvgIpc) is 3.29. The number of allylic oxidation sites excluding steroid dienone is 2. The van der Waals surface area contributed by atoms with Gasteiger partial charge in [-0.2, -0.15) is 0 Å². The van der Waals surface area contributed by atoms with Crippen LogP contribution in [0.5, 0.6) is 0 Å². The van der Waals surface area contributed by atoms with Gasteiger partial charge in [0.1, 0.15) is 73.2 Å². The van der Waals surface area contributed by atoms with Gasteiger partial charge in [-0.1, -0.05) is 60.1 Å². The zero-order valence-corrected chi connectivity index (χ0v) is 42.0. The van der Waals surface area contributed by atoms with Crippen LogP contribution >= 0.6 is 0 Å². The zero-order chi connectivity index (χ0) is 50.8. The third kappa shape index (κ3) is 8.57. The number of aliphatic hydroxyl groups excluding tert-OH is 9. The molecule has 70 heavy (non-hydrogen) atoms. The normalized spacial score (nSPS) is 54.4. The van der Waals surface area contributed by atoms with Crippen LogP contribution in [0.2, 0.25) is 0 Å². The molecular weight excluding hydrogens is 917 g/mol. The molecular formula is C51H82O19. The van der Waals surface area contributed by atoms with E-state index in [0.29, 0.717) is 18.8 Å². The topological polar surface area (TPSA) is 293 Å². The number of ether oxygens (including phenoxy) is 8. The van der Waals surface area contributed by atoms with Gasteiger partial charge in [0.15, 0.2) is 25.2 Å². The van der Waals surface area contributed by atoms with Gasteiger partial charge in [-0.15, -0.1) is 0 Å². The van der Waals surface area contributed by atoms with Gasteiger partial charge >= 0.3 is 5.97 Å². The van der Waals surface area contributed by atoms with Gasteiger partial charge < -0.3 is 89.0 Å². The molecule has 9 rings (SSSR count). The molecule has 4 aliphatic heterocycles. The largest absolute Gasteiger partial charge is 0.481 e.